The quantitative estimate of drug-likeness (QED) is 0.145. The van der Waals surface area contributed by atoms with Crippen LogP contribution >= 0.6 is 11.3 Å². The zero-order valence-corrected chi connectivity index (χ0v) is 27.8. The summed E-state index contributed by atoms with van der Waals surface area (Å²) in [5.74, 6) is 0.204. The number of phenols is 1. The number of thiazole rings is 1. The van der Waals surface area contributed by atoms with Crippen LogP contribution in [0.3, 0.4) is 0 Å². The fraction of sp³-hybridized carbons (Fsp3) is 0.0930. The average Bonchev–Trinajstić information content (AvgIpc) is 3.55. The molecule has 0 aliphatic rings. The molecular formula is C43H33N3OS. The van der Waals surface area contributed by atoms with Gasteiger partial charge in [-0.25, -0.2) is 9.83 Å². The van der Waals surface area contributed by atoms with Gasteiger partial charge in [0.1, 0.15) is 10.8 Å². The van der Waals surface area contributed by atoms with Crippen molar-refractivity contribution in [3.05, 3.63) is 156 Å². The van der Waals surface area contributed by atoms with Gasteiger partial charge in [-0.1, -0.05) is 118 Å². The van der Waals surface area contributed by atoms with Gasteiger partial charge in [-0.2, -0.15) is 0 Å². The van der Waals surface area contributed by atoms with Crippen LogP contribution in [0.5, 0.6) is 5.75 Å². The first kappa shape index (κ1) is 30.8. The lowest BCUT2D eigenvalue weighted by atomic mass is 9.86. The van der Waals surface area contributed by atoms with Gasteiger partial charge in [-0.3, -0.25) is 4.99 Å². The first-order chi connectivity index (χ1) is 23.3. The Hall–Kier alpha value is -5.83. The van der Waals surface area contributed by atoms with Crippen molar-refractivity contribution >= 4 is 39.1 Å². The summed E-state index contributed by atoms with van der Waals surface area (Å²) in [5, 5.41) is 11.5. The Morgan fingerprint density at radius 1 is 0.688 bits per heavy atom. The summed E-state index contributed by atoms with van der Waals surface area (Å²) in [6.07, 6.45) is 1.74. The van der Waals surface area contributed by atoms with E-state index in [1.807, 2.05) is 60.7 Å². The summed E-state index contributed by atoms with van der Waals surface area (Å²) < 4.78 is 1.09. The van der Waals surface area contributed by atoms with Crippen molar-refractivity contribution in [1.82, 2.24) is 4.98 Å². The first-order valence-corrected chi connectivity index (χ1v) is 16.6. The highest BCUT2D eigenvalue weighted by molar-refractivity contribution is 7.21. The van der Waals surface area contributed by atoms with Gasteiger partial charge < -0.3 is 5.11 Å². The van der Waals surface area contributed by atoms with Crippen LogP contribution in [0.1, 0.15) is 31.9 Å². The number of phenolic OH excluding ortho intramolecular Hbond substituents is 1. The zero-order chi connectivity index (χ0) is 33.3. The molecule has 0 saturated heterocycles. The zero-order valence-electron chi connectivity index (χ0n) is 27.0. The monoisotopic (exact) mass is 639 g/mol. The fourth-order valence-corrected chi connectivity index (χ4v) is 6.83. The van der Waals surface area contributed by atoms with Crippen LogP contribution in [0.25, 0.3) is 59.0 Å². The van der Waals surface area contributed by atoms with E-state index >= 15 is 0 Å². The molecule has 7 aromatic rings. The second-order valence-corrected chi connectivity index (χ2v) is 13.8. The predicted octanol–water partition coefficient (Wildman–Crippen LogP) is 12.3. The van der Waals surface area contributed by atoms with Gasteiger partial charge in [0.2, 0.25) is 0 Å². The molecule has 0 aliphatic carbocycles. The molecule has 0 fully saturated rings. The third-order valence-corrected chi connectivity index (χ3v) is 9.53. The van der Waals surface area contributed by atoms with E-state index in [0.29, 0.717) is 11.3 Å². The third-order valence-electron chi connectivity index (χ3n) is 8.50. The number of aromatic hydroxyl groups is 1. The normalized spacial score (nSPS) is 11.6. The van der Waals surface area contributed by atoms with Crippen LogP contribution in [-0.4, -0.2) is 16.3 Å². The number of hydrogen-bond donors (Lipinski definition) is 1. The van der Waals surface area contributed by atoms with E-state index in [2.05, 4.69) is 92.3 Å². The van der Waals surface area contributed by atoms with Crippen molar-refractivity contribution in [3.63, 3.8) is 0 Å². The van der Waals surface area contributed by atoms with Crippen LogP contribution in [0.4, 0.5) is 11.4 Å². The Bertz CT molecular complexity index is 2320. The molecule has 0 atom stereocenters. The number of aromatic nitrogens is 1. The third kappa shape index (κ3) is 6.27. The number of nitrogens with zero attached hydrogens (tertiary/aromatic N) is 3. The maximum Gasteiger partial charge on any atom is 0.187 e. The van der Waals surface area contributed by atoms with Crippen LogP contribution < -0.4 is 0 Å². The lowest BCUT2D eigenvalue weighted by molar-refractivity contribution is 0.473. The minimum Gasteiger partial charge on any atom is -0.507 e. The van der Waals surface area contributed by atoms with E-state index in [4.69, 9.17) is 16.5 Å². The maximum atomic E-state index is 10.6. The van der Waals surface area contributed by atoms with Gasteiger partial charge in [0.05, 0.1) is 22.5 Å². The molecule has 6 aromatic carbocycles. The summed E-state index contributed by atoms with van der Waals surface area (Å²) >= 11 is 1.66. The van der Waals surface area contributed by atoms with Gasteiger partial charge in [0.15, 0.2) is 5.69 Å². The molecule has 0 unspecified atom stereocenters. The van der Waals surface area contributed by atoms with E-state index in [0.717, 1.165) is 65.4 Å². The summed E-state index contributed by atoms with van der Waals surface area (Å²) in [6, 6.07) is 44.9. The predicted molar refractivity (Wildman–Crippen MR) is 202 cm³/mol. The van der Waals surface area contributed by atoms with Gasteiger partial charge in [0, 0.05) is 22.9 Å². The Balaban J connectivity index is 1.29. The van der Waals surface area contributed by atoms with E-state index in [1.54, 1.807) is 23.6 Å². The van der Waals surface area contributed by atoms with Gasteiger partial charge in [-0.05, 0) is 75.2 Å². The van der Waals surface area contributed by atoms with E-state index < -0.39 is 0 Å². The molecule has 1 aromatic heterocycles. The van der Waals surface area contributed by atoms with Gasteiger partial charge in [-0.15, -0.1) is 11.3 Å². The summed E-state index contributed by atoms with van der Waals surface area (Å²) in [5.41, 5.74) is 11.7. The summed E-state index contributed by atoms with van der Waals surface area (Å²) in [7, 11) is 0. The van der Waals surface area contributed by atoms with Crippen molar-refractivity contribution in [3.8, 4) is 49.7 Å². The summed E-state index contributed by atoms with van der Waals surface area (Å²) in [6.45, 7) is 13.7. The number of rotatable bonds is 6. The molecule has 4 nitrogen and oxygen atoms in total. The van der Waals surface area contributed by atoms with Crippen molar-refractivity contribution in [2.75, 3.05) is 0 Å². The largest absolute Gasteiger partial charge is 0.507 e. The molecule has 0 aliphatic heterocycles. The minimum absolute atomic E-state index is 0.0432. The molecule has 7 rings (SSSR count). The smallest absolute Gasteiger partial charge is 0.187 e. The number of aliphatic imine (C=N–C) groups is 1. The van der Waals surface area contributed by atoms with Crippen LogP contribution in [0.15, 0.2) is 138 Å². The van der Waals surface area contributed by atoms with E-state index in [-0.39, 0.29) is 11.2 Å². The standard InChI is InChI=1S/C43H33N3OS/c1-43(2,3)34-20-23-39(47)33(24-34)27-45-38-13-9-8-12-36(38)42-46-41-37(31-10-6-5-7-11-31)25-32(26-40(41)48-42)30-16-14-28(15-17-30)29-18-21-35(44-4)22-19-29/h5-27,47H,1-3H3. The molecule has 0 spiro atoms. The minimum atomic E-state index is -0.0432. The van der Waals surface area contributed by atoms with Crippen molar-refractivity contribution in [2.45, 2.75) is 26.2 Å². The lowest BCUT2D eigenvalue weighted by Crippen LogP contribution is -2.11. The van der Waals surface area contributed by atoms with Crippen molar-refractivity contribution < 1.29 is 5.11 Å². The van der Waals surface area contributed by atoms with Crippen LogP contribution in [-0.2, 0) is 5.41 Å². The molecule has 5 heteroatoms. The van der Waals surface area contributed by atoms with Gasteiger partial charge in [0.25, 0.3) is 0 Å². The molecule has 1 heterocycles. The highest BCUT2D eigenvalue weighted by Crippen LogP contribution is 2.42. The second kappa shape index (κ2) is 12.8. The number of fused-ring (bicyclic) bond motifs is 1. The van der Waals surface area contributed by atoms with Crippen molar-refractivity contribution in [1.29, 1.82) is 0 Å². The first-order valence-electron chi connectivity index (χ1n) is 15.8. The fourth-order valence-electron chi connectivity index (χ4n) is 5.76. The Labute approximate surface area is 285 Å². The molecule has 232 valence electrons. The van der Waals surface area contributed by atoms with E-state index in [1.165, 1.54) is 0 Å². The van der Waals surface area contributed by atoms with Crippen molar-refractivity contribution in [2.24, 2.45) is 4.99 Å². The Morgan fingerprint density at radius 2 is 1.33 bits per heavy atom. The molecule has 0 saturated carbocycles. The van der Waals surface area contributed by atoms with Gasteiger partial charge >= 0.3 is 0 Å². The Morgan fingerprint density at radius 3 is 2.02 bits per heavy atom. The summed E-state index contributed by atoms with van der Waals surface area (Å²) in [4.78, 5) is 13.6. The Kier molecular flexibility index (Phi) is 8.19. The molecule has 48 heavy (non-hydrogen) atoms. The second-order valence-electron chi connectivity index (χ2n) is 12.8. The topological polar surface area (TPSA) is 49.8 Å². The molecule has 0 radical (unpaired) electrons. The lowest BCUT2D eigenvalue weighted by Gasteiger charge is -2.19. The number of hydrogen-bond acceptors (Lipinski definition) is 4. The molecule has 0 bridgehead atoms. The molecule has 0 amide bonds. The highest BCUT2D eigenvalue weighted by Gasteiger charge is 2.17. The maximum absolute atomic E-state index is 10.6. The van der Waals surface area contributed by atoms with Crippen LogP contribution in [0.2, 0.25) is 0 Å². The molecular weight excluding hydrogens is 607 g/mol. The highest BCUT2D eigenvalue weighted by atomic mass is 32.1. The number of para-hydroxylation sites is 1. The number of benzene rings is 6. The average molecular weight is 640 g/mol. The SMILES string of the molecule is [C-]#[N+]c1ccc(-c2ccc(-c3cc(-c4ccccc4)c4nc(-c5ccccc5N=Cc5cc(C(C)(C)C)ccc5O)sc4c3)cc2)cc1. The van der Waals surface area contributed by atoms with Crippen LogP contribution in [0, 0.1) is 6.57 Å². The molecule has 1 N–H and O–H groups in total. The van der Waals surface area contributed by atoms with E-state index in [9.17, 15) is 5.11 Å².